The Morgan fingerprint density at radius 1 is 1.06 bits per heavy atom. The average Bonchev–Trinajstić information content (AvgIpc) is 2.96. The van der Waals surface area contributed by atoms with Gasteiger partial charge in [0.15, 0.2) is 0 Å². The molecule has 1 heterocycles. The zero-order chi connectivity index (χ0) is 22.7. The highest BCUT2D eigenvalue weighted by molar-refractivity contribution is 6.02. The number of rotatable bonds is 5. The van der Waals surface area contributed by atoms with Gasteiger partial charge >= 0.3 is 5.97 Å². The fraction of sp³-hybridized carbons (Fsp3) is 0.370. The lowest BCUT2D eigenvalue weighted by Gasteiger charge is -2.28. The molecule has 0 spiro atoms. The monoisotopic (exact) mass is 433 g/mol. The number of anilines is 1. The van der Waals surface area contributed by atoms with Crippen LogP contribution in [0.2, 0.25) is 0 Å². The molecule has 1 N–H and O–H groups in total. The second-order valence-corrected chi connectivity index (χ2v) is 9.27. The van der Waals surface area contributed by atoms with Crippen LogP contribution < -0.4 is 9.64 Å². The SMILES string of the molecule is CC(C)(C)OC(=O)C1CCCN(CO)c2c1cc(OCc1ccccc1)c1ccccc21. The molecule has 0 amide bonds. The number of aliphatic hydroxyl groups is 1. The molecular weight excluding hydrogens is 402 g/mol. The smallest absolute Gasteiger partial charge is 0.314 e. The fourth-order valence-electron chi connectivity index (χ4n) is 4.33. The van der Waals surface area contributed by atoms with E-state index in [9.17, 15) is 9.90 Å². The largest absolute Gasteiger partial charge is 0.488 e. The Hall–Kier alpha value is -3.05. The Balaban J connectivity index is 1.83. The van der Waals surface area contributed by atoms with Gasteiger partial charge in [-0.1, -0.05) is 54.6 Å². The first-order valence-corrected chi connectivity index (χ1v) is 11.2. The summed E-state index contributed by atoms with van der Waals surface area (Å²) in [5.74, 6) is 0.0869. The van der Waals surface area contributed by atoms with E-state index in [0.29, 0.717) is 19.6 Å². The molecule has 1 aliphatic heterocycles. The van der Waals surface area contributed by atoms with Crippen molar-refractivity contribution in [2.24, 2.45) is 0 Å². The van der Waals surface area contributed by atoms with Gasteiger partial charge in [0.25, 0.3) is 0 Å². The highest BCUT2D eigenvalue weighted by Crippen LogP contribution is 2.44. The maximum atomic E-state index is 13.2. The quantitative estimate of drug-likeness (QED) is 0.547. The molecular formula is C27H31NO4. The lowest BCUT2D eigenvalue weighted by Crippen LogP contribution is -2.28. The van der Waals surface area contributed by atoms with E-state index in [2.05, 4.69) is 0 Å². The Morgan fingerprint density at radius 2 is 1.75 bits per heavy atom. The molecule has 0 aliphatic carbocycles. The van der Waals surface area contributed by atoms with Crippen molar-refractivity contribution in [2.75, 3.05) is 18.2 Å². The summed E-state index contributed by atoms with van der Waals surface area (Å²) < 4.78 is 12.1. The Morgan fingerprint density at radius 3 is 2.44 bits per heavy atom. The second kappa shape index (κ2) is 9.21. The summed E-state index contributed by atoms with van der Waals surface area (Å²) in [6, 6.07) is 20.0. The van der Waals surface area contributed by atoms with E-state index in [4.69, 9.17) is 9.47 Å². The Bertz CT molecular complexity index is 1090. The maximum absolute atomic E-state index is 13.2. The Kier molecular flexibility index (Phi) is 6.38. The lowest BCUT2D eigenvalue weighted by molar-refractivity contribution is -0.156. The lowest BCUT2D eigenvalue weighted by atomic mass is 9.90. The third-order valence-corrected chi connectivity index (χ3v) is 5.72. The number of hydrogen-bond donors (Lipinski definition) is 1. The van der Waals surface area contributed by atoms with Gasteiger partial charge in [-0.05, 0) is 50.8 Å². The number of hydrogen-bond acceptors (Lipinski definition) is 5. The minimum absolute atomic E-state index is 0.109. The molecule has 0 aromatic heterocycles. The summed E-state index contributed by atoms with van der Waals surface area (Å²) in [6.07, 6.45) is 1.45. The van der Waals surface area contributed by atoms with E-state index >= 15 is 0 Å². The first-order chi connectivity index (χ1) is 15.4. The molecule has 168 valence electrons. The van der Waals surface area contributed by atoms with Crippen molar-refractivity contribution in [3.63, 3.8) is 0 Å². The molecule has 1 unspecified atom stereocenters. The number of aliphatic hydroxyl groups excluding tert-OH is 1. The number of benzene rings is 3. The first kappa shape index (κ1) is 22.2. The highest BCUT2D eigenvalue weighted by Gasteiger charge is 2.33. The number of ether oxygens (including phenoxy) is 2. The molecule has 0 radical (unpaired) electrons. The third-order valence-electron chi connectivity index (χ3n) is 5.72. The van der Waals surface area contributed by atoms with Crippen molar-refractivity contribution in [3.8, 4) is 5.75 Å². The van der Waals surface area contributed by atoms with E-state index in [1.807, 2.05) is 86.3 Å². The molecule has 0 saturated heterocycles. The fourth-order valence-corrected chi connectivity index (χ4v) is 4.33. The summed E-state index contributed by atoms with van der Waals surface area (Å²) >= 11 is 0. The summed E-state index contributed by atoms with van der Waals surface area (Å²) in [6.45, 7) is 6.66. The molecule has 3 aromatic rings. The van der Waals surface area contributed by atoms with Crippen LogP contribution in [0.5, 0.6) is 5.75 Å². The van der Waals surface area contributed by atoms with Crippen LogP contribution in [0.1, 0.15) is 50.7 Å². The molecule has 0 fully saturated rings. The van der Waals surface area contributed by atoms with Crippen molar-refractivity contribution < 1.29 is 19.4 Å². The summed E-state index contributed by atoms with van der Waals surface area (Å²) in [5.41, 5.74) is 2.26. The molecule has 4 rings (SSSR count). The van der Waals surface area contributed by atoms with Gasteiger partial charge in [-0.25, -0.2) is 0 Å². The third kappa shape index (κ3) is 4.73. The van der Waals surface area contributed by atoms with Gasteiger partial charge in [-0.3, -0.25) is 4.79 Å². The van der Waals surface area contributed by atoms with Gasteiger partial charge in [0.1, 0.15) is 24.7 Å². The van der Waals surface area contributed by atoms with Gasteiger partial charge in [-0.15, -0.1) is 0 Å². The van der Waals surface area contributed by atoms with Gasteiger partial charge in [0.05, 0.1) is 11.6 Å². The molecule has 5 nitrogen and oxygen atoms in total. The molecule has 0 saturated carbocycles. The van der Waals surface area contributed by atoms with Crippen molar-refractivity contribution in [1.29, 1.82) is 0 Å². The minimum Gasteiger partial charge on any atom is -0.488 e. The average molecular weight is 434 g/mol. The number of nitrogens with zero attached hydrogens (tertiary/aromatic N) is 1. The summed E-state index contributed by atoms with van der Waals surface area (Å²) in [5, 5.41) is 12.1. The van der Waals surface area contributed by atoms with Crippen LogP contribution in [-0.4, -0.2) is 30.0 Å². The van der Waals surface area contributed by atoms with Gasteiger partial charge < -0.3 is 19.5 Å². The van der Waals surface area contributed by atoms with Crippen LogP contribution in [0.4, 0.5) is 5.69 Å². The topological polar surface area (TPSA) is 59.0 Å². The number of carbonyl (C=O) groups is 1. The van der Waals surface area contributed by atoms with Crippen LogP contribution in [0.15, 0.2) is 60.7 Å². The van der Waals surface area contributed by atoms with Crippen LogP contribution >= 0.6 is 0 Å². The van der Waals surface area contributed by atoms with E-state index in [1.54, 1.807) is 0 Å². The zero-order valence-corrected chi connectivity index (χ0v) is 19.0. The van der Waals surface area contributed by atoms with Crippen molar-refractivity contribution in [3.05, 3.63) is 71.8 Å². The van der Waals surface area contributed by atoms with Crippen LogP contribution in [0, 0.1) is 0 Å². The predicted octanol–water partition coefficient (Wildman–Crippen LogP) is 5.39. The van der Waals surface area contributed by atoms with Crippen LogP contribution in [-0.2, 0) is 16.1 Å². The van der Waals surface area contributed by atoms with E-state index in [0.717, 1.165) is 39.8 Å². The van der Waals surface area contributed by atoms with E-state index in [-0.39, 0.29) is 12.7 Å². The van der Waals surface area contributed by atoms with E-state index < -0.39 is 11.5 Å². The molecule has 0 bridgehead atoms. The minimum atomic E-state index is -0.566. The number of esters is 1. The predicted molar refractivity (Wildman–Crippen MR) is 127 cm³/mol. The summed E-state index contributed by atoms with van der Waals surface area (Å²) in [4.78, 5) is 15.2. The van der Waals surface area contributed by atoms with Gasteiger partial charge in [0.2, 0.25) is 0 Å². The normalized spacial score (nSPS) is 16.4. The first-order valence-electron chi connectivity index (χ1n) is 11.2. The van der Waals surface area contributed by atoms with Crippen LogP contribution in [0.25, 0.3) is 10.8 Å². The van der Waals surface area contributed by atoms with Crippen molar-refractivity contribution >= 4 is 22.4 Å². The molecule has 3 aromatic carbocycles. The van der Waals surface area contributed by atoms with Gasteiger partial charge in [-0.2, -0.15) is 0 Å². The van der Waals surface area contributed by atoms with Crippen molar-refractivity contribution in [2.45, 2.75) is 51.7 Å². The zero-order valence-electron chi connectivity index (χ0n) is 19.0. The molecule has 1 aliphatic rings. The second-order valence-electron chi connectivity index (χ2n) is 9.27. The molecule has 32 heavy (non-hydrogen) atoms. The maximum Gasteiger partial charge on any atom is 0.314 e. The molecule has 1 atom stereocenters. The number of carbonyl (C=O) groups excluding carboxylic acids is 1. The van der Waals surface area contributed by atoms with Crippen molar-refractivity contribution in [1.82, 2.24) is 0 Å². The number of fused-ring (bicyclic) bond motifs is 3. The van der Waals surface area contributed by atoms with E-state index in [1.165, 1.54) is 0 Å². The van der Waals surface area contributed by atoms with Crippen LogP contribution in [0.3, 0.4) is 0 Å². The standard InChI is InChI=1S/C27H31NO4/c1-27(2,3)32-26(30)22-14-9-15-28(18-29)25-21-13-8-7-12-20(21)24(16-23(22)25)31-17-19-10-5-4-6-11-19/h4-8,10-13,16,22,29H,9,14-15,17-18H2,1-3H3. The summed E-state index contributed by atoms with van der Waals surface area (Å²) in [7, 11) is 0. The highest BCUT2D eigenvalue weighted by atomic mass is 16.6. The molecule has 5 heteroatoms. The Labute approximate surface area is 189 Å². The van der Waals surface area contributed by atoms with Gasteiger partial charge in [0, 0.05) is 17.3 Å².